The molecule has 1 heterocycles. The van der Waals surface area contributed by atoms with Crippen LogP contribution in [0.2, 0.25) is 0 Å². The molecule has 1 aliphatic heterocycles. The molecule has 0 aliphatic carbocycles. The summed E-state index contributed by atoms with van der Waals surface area (Å²) in [5.74, 6) is 0.0339. The monoisotopic (exact) mass is 243 g/mol. The Morgan fingerprint density at radius 3 is 2.71 bits per heavy atom. The number of nitrogens with two attached hydrogens (primary N) is 1. The van der Waals surface area contributed by atoms with Crippen LogP contribution in [0.1, 0.15) is 26.7 Å². The fraction of sp³-hybridized carbons (Fsp3) is 0.818. The predicted molar refractivity (Wildman–Crippen MR) is 63.4 cm³/mol. The van der Waals surface area contributed by atoms with Gasteiger partial charge in [-0.05, 0) is 20.3 Å². The number of rotatable bonds is 3. The van der Waals surface area contributed by atoms with Gasteiger partial charge in [0.15, 0.2) is 0 Å². The lowest BCUT2D eigenvalue weighted by Crippen LogP contribution is -2.42. The van der Waals surface area contributed by atoms with Crippen LogP contribution in [0.4, 0.5) is 4.79 Å². The summed E-state index contributed by atoms with van der Waals surface area (Å²) in [6.07, 6.45) is 0.618. The van der Waals surface area contributed by atoms with E-state index in [1.807, 2.05) is 13.8 Å². The Bertz CT molecular complexity index is 299. The van der Waals surface area contributed by atoms with Crippen molar-refractivity contribution < 1.29 is 14.3 Å². The van der Waals surface area contributed by atoms with Gasteiger partial charge in [0.25, 0.3) is 0 Å². The molecule has 6 nitrogen and oxygen atoms in total. The lowest BCUT2D eigenvalue weighted by Gasteiger charge is -2.23. The zero-order chi connectivity index (χ0) is 13.1. The molecule has 3 N–H and O–H groups in total. The minimum atomic E-state index is -0.495. The summed E-state index contributed by atoms with van der Waals surface area (Å²) in [6.45, 7) is 4.84. The molecule has 1 unspecified atom stereocenters. The highest BCUT2D eigenvalue weighted by molar-refractivity contribution is 5.78. The smallest absolute Gasteiger partial charge is 0.407 e. The second-order valence-electron chi connectivity index (χ2n) is 5.13. The molecule has 0 aromatic heterocycles. The van der Waals surface area contributed by atoms with Crippen molar-refractivity contribution in [3.8, 4) is 0 Å². The van der Waals surface area contributed by atoms with Crippen molar-refractivity contribution >= 4 is 12.0 Å². The van der Waals surface area contributed by atoms with Crippen molar-refractivity contribution in [1.82, 2.24) is 10.2 Å². The molecule has 1 fully saturated rings. The van der Waals surface area contributed by atoms with Crippen LogP contribution in [0.5, 0.6) is 0 Å². The number of hydrogen-bond donors (Lipinski definition) is 2. The van der Waals surface area contributed by atoms with Gasteiger partial charge in [-0.25, -0.2) is 4.79 Å². The summed E-state index contributed by atoms with van der Waals surface area (Å²) in [4.78, 5) is 24.6. The van der Waals surface area contributed by atoms with Crippen LogP contribution in [0.25, 0.3) is 0 Å². The first-order valence-electron chi connectivity index (χ1n) is 5.73. The van der Waals surface area contributed by atoms with Gasteiger partial charge in [0.1, 0.15) is 0 Å². The van der Waals surface area contributed by atoms with E-state index in [9.17, 15) is 9.59 Å². The second-order valence-corrected chi connectivity index (χ2v) is 5.13. The number of alkyl carbamates (subject to hydrolysis) is 1. The van der Waals surface area contributed by atoms with E-state index in [1.54, 1.807) is 4.90 Å². The molecule has 1 aliphatic rings. The number of nitrogens with zero attached hydrogens (tertiary/aromatic N) is 1. The topological polar surface area (TPSA) is 84.7 Å². The molecule has 0 radical (unpaired) electrons. The highest BCUT2D eigenvalue weighted by atomic mass is 16.5. The van der Waals surface area contributed by atoms with Crippen molar-refractivity contribution in [2.24, 2.45) is 5.73 Å². The van der Waals surface area contributed by atoms with Gasteiger partial charge in [-0.2, -0.15) is 0 Å². The van der Waals surface area contributed by atoms with E-state index in [1.165, 1.54) is 7.11 Å². The van der Waals surface area contributed by atoms with Gasteiger partial charge in [-0.1, -0.05) is 0 Å². The Labute approximate surface area is 101 Å². The third-order valence-electron chi connectivity index (χ3n) is 2.66. The van der Waals surface area contributed by atoms with Crippen molar-refractivity contribution in [3.63, 3.8) is 0 Å². The fourth-order valence-corrected chi connectivity index (χ4v) is 1.83. The molecular formula is C11H21N3O3. The molecule has 0 aromatic carbocycles. The molecule has 1 rings (SSSR count). The first kappa shape index (κ1) is 13.8. The molecule has 17 heavy (non-hydrogen) atoms. The summed E-state index contributed by atoms with van der Waals surface area (Å²) in [7, 11) is 1.32. The van der Waals surface area contributed by atoms with Crippen molar-refractivity contribution in [3.05, 3.63) is 0 Å². The molecule has 0 aromatic rings. The molecule has 1 saturated heterocycles. The number of amides is 2. The number of carbonyl (C=O) groups is 2. The number of ether oxygens (including phenoxy) is 1. The Hall–Kier alpha value is -1.30. The highest BCUT2D eigenvalue weighted by Crippen LogP contribution is 2.14. The normalized spacial score (nSPS) is 20.2. The Morgan fingerprint density at radius 2 is 2.18 bits per heavy atom. The summed E-state index contributed by atoms with van der Waals surface area (Å²) < 4.78 is 4.51. The first-order valence-corrected chi connectivity index (χ1v) is 5.73. The lowest BCUT2D eigenvalue weighted by molar-refractivity contribution is -0.131. The van der Waals surface area contributed by atoms with Gasteiger partial charge in [-0.15, -0.1) is 0 Å². The standard InChI is InChI=1S/C11H21N3O3/c1-11(2,12)6-9(15)14-5-4-8(7-14)13-10(16)17-3/h8H,4-7,12H2,1-3H3,(H,13,16). The molecule has 0 saturated carbocycles. The van der Waals surface area contributed by atoms with E-state index >= 15 is 0 Å². The quantitative estimate of drug-likeness (QED) is 0.734. The van der Waals surface area contributed by atoms with Crippen molar-refractivity contribution in [1.29, 1.82) is 0 Å². The lowest BCUT2D eigenvalue weighted by atomic mass is 10.0. The van der Waals surface area contributed by atoms with Crippen molar-refractivity contribution in [2.75, 3.05) is 20.2 Å². The second kappa shape index (κ2) is 5.35. The first-order chi connectivity index (χ1) is 7.81. The van der Waals surface area contributed by atoms with Gasteiger partial charge in [-0.3, -0.25) is 4.79 Å². The zero-order valence-corrected chi connectivity index (χ0v) is 10.7. The highest BCUT2D eigenvalue weighted by Gasteiger charge is 2.29. The van der Waals surface area contributed by atoms with Gasteiger partial charge >= 0.3 is 6.09 Å². The number of hydrogen-bond acceptors (Lipinski definition) is 4. The molecule has 0 spiro atoms. The number of carbonyl (C=O) groups excluding carboxylic acids is 2. The summed E-state index contributed by atoms with van der Waals surface area (Å²) in [6, 6.07) is -0.0210. The number of methoxy groups -OCH3 is 1. The molecule has 2 amide bonds. The minimum absolute atomic E-state index is 0.0210. The number of nitrogens with one attached hydrogen (secondary N) is 1. The van der Waals surface area contributed by atoms with E-state index in [-0.39, 0.29) is 11.9 Å². The van der Waals surface area contributed by atoms with Crippen LogP contribution in [0, 0.1) is 0 Å². The average Bonchev–Trinajstić information content (AvgIpc) is 2.63. The molecule has 98 valence electrons. The largest absolute Gasteiger partial charge is 0.453 e. The Kier molecular flexibility index (Phi) is 4.34. The van der Waals surface area contributed by atoms with E-state index in [0.29, 0.717) is 19.5 Å². The third-order valence-corrected chi connectivity index (χ3v) is 2.66. The third kappa shape index (κ3) is 4.60. The molecular weight excluding hydrogens is 222 g/mol. The van der Waals surface area contributed by atoms with Gasteiger partial charge in [0.05, 0.1) is 13.2 Å². The van der Waals surface area contributed by atoms with Crippen molar-refractivity contribution in [2.45, 2.75) is 38.3 Å². The molecule has 0 bridgehead atoms. The van der Waals surface area contributed by atoms with E-state index < -0.39 is 11.6 Å². The van der Waals surface area contributed by atoms with E-state index in [0.717, 1.165) is 6.42 Å². The maximum absolute atomic E-state index is 11.9. The van der Waals surface area contributed by atoms with Gasteiger partial charge in [0, 0.05) is 25.0 Å². The van der Waals surface area contributed by atoms with Crippen LogP contribution in [-0.4, -0.2) is 48.7 Å². The summed E-state index contributed by atoms with van der Waals surface area (Å²) >= 11 is 0. The SMILES string of the molecule is COC(=O)NC1CCN(C(=O)CC(C)(C)N)C1. The van der Waals surface area contributed by atoms with E-state index in [4.69, 9.17) is 5.73 Å². The molecule has 1 atom stereocenters. The fourth-order valence-electron chi connectivity index (χ4n) is 1.83. The van der Waals surface area contributed by atoms with Crippen LogP contribution >= 0.6 is 0 Å². The molecule has 6 heteroatoms. The predicted octanol–water partition coefficient (Wildman–Crippen LogP) is 0.0707. The van der Waals surface area contributed by atoms with Crippen LogP contribution in [0.3, 0.4) is 0 Å². The van der Waals surface area contributed by atoms with Crippen LogP contribution < -0.4 is 11.1 Å². The van der Waals surface area contributed by atoms with Crippen LogP contribution in [-0.2, 0) is 9.53 Å². The summed E-state index contributed by atoms with van der Waals surface area (Å²) in [5.41, 5.74) is 5.31. The zero-order valence-electron chi connectivity index (χ0n) is 10.7. The van der Waals surface area contributed by atoms with Crippen LogP contribution in [0.15, 0.2) is 0 Å². The Morgan fingerprint density at radius 1 is 1.53 bits per heavy atom. The van der Waals surface area contributed by atoms with Gasteiger partial charge in [0.2, 0.25) is 5.91 Å². The Balaban J connectivity index is 2.39. The summed E-state index contributed by atoms with van der Waals surface area (Å²) in [5, 5.41) is 2.69. The minimum Gasteiger partial charge on any atom is -0.453 e. The van der Waals surface area contributed by atoms with E-state index in [2.05, 4.69) is 10.1 Å². The van der Waals surface area contributed by atoms with Gasteiger partial charge < -0.3 is 20.7 Å². The number of likely N-dealkylation sites (tertiary alicyclic amines) is 1. The maximum atomic E-state index is 11.9. The maximum Gasteiger partial charge on any atom is 0.407 e. The average molecular weight is 243 g/mol.